The van der Waals surface area contributed by atoms with Crippen LogP contribution in [0.25, 0.3) is 65.7 Å². The quantitative estimate of drug-likeness (QED) is 0.198. The van der Waals surface area contributed by atoms with E-state index < -0.39 is 5.92 Å². The molecule has 0 radical (unpaired) electrons. The summed E-state index contributed by atoms with van der Waals surface area (Å²) >= 11 is 0. The lowest BCUT2D eigenvalue weighted by Gasteiger charge is -2.32. The van der Waals surface area contributed by atoms with E-state index in [-0.39, 0.29) is 17.9 Å². The second-order valence-corrected chi connectivity index (χ2v) is 11.8. The third-order valence-electron chi connectivity index (χ3n) is 9.15. The van der Waals surface area contributed by atoms with Crippen molar-refractivity contribution in [3.05, 3.63) is 120 Å². The van der Waals surface area contributed by atoms with Gasteiger partial charge in [0.15, 0.2) is 0 Å². The molecule has 0 saturated carbocycles. The molecule has 0 fully saturated rings. The van der Waals surface area contributed by atoms with Gasteiger partial charge in [-0.25, -0.2) is 8.78 Å². The molecule has 7 aromatic rings. The van der Waals surface area contributed by atoms with E-state index in [1.54, 1.807) is 6.07 Å². The molecule has 0 amide bonds. The number of furan rings is 1. The zero-order valence-electron chi connectivity index (χ0n) is 23.5. The summed E-state index contributed by atoms with van der Waals surface area (Å²) in [7, 11) is 0. The van der Waals surface area contributed by atoms with Crippen molar-refractivity contribution in [3.63, 3.8) is 0 Å². The molecule has 1 heterocycles. The van der Waals surface area contributed by atoms with Gasteiger partial charge in [-0.1, -0.05) is 117 Å². The Morgan fingerprint density at radius 3 is 2.00 bits per heavy atom. The second kappa shape index (κ2) is 9.52. The van der Waals surface area contributed by atoms with E-state index in [0.717, 1.165) is 90.6 Å². The molecule has 3 heteroatoms. The largest absolute Gasteiger partial charge is 0.455 e. The molecule has 0 bridgehead atoms. The van der Waals surface area contributed by atoms with E-state index in [2.05, 4.69) is 73.7 Å². The molecule has 206 valence electrons. The fraction of sp³-hybridized carbons (Fsp3) is 0.179. The van der Waals surface area contributed by atoms with Crippen molar-refractivity contribution < 1.29 is 13.2 Å². The summed E-state index contributed by atoms with van der Waals surface area (Å²) in [5.41, 5.74) is 6.66. The molecular formula is C39H30F2O. The van der Waals surface area contributed by atoms with E-state index >= 15 is 8.78 Å². The van der Waals surface area contributed by atoms with Crippen molar-refractivity contribution in [2.75, 3.05) is 0 Å². The standard InChI is InChI=1S/C39H30F2O/c1-2-10-24-21-25-19-20-26(22-34(25)39(40,41)23-24)36-28-12-3-5-14-30(28)37(31-15-6-4-13-29(31)36)33-17-9-16-32-27-11-7-8-18-35(27)42-38(32)33/h3-9,11-20,22,24H,2,10,21,23H2,1H3. The van der Waals surface area contributed by atoms with Crippen molar-refractivity contribution in [2.24, 2.45) is 5.92 Å². The van der Waals surface area contributed by atoms with Gasteiger partial charge in [-0.3, -0.25) is 0 Å². The third kappa shape index (κ3) is 3.80. The van der Waals surface area contributed by atoms with Crippen LogP contribution in [0.4, 0.5) is 8.78 Å². The first-order valence-corrected chi connectivity index (χ1v) is 14.9. The van der Waals surface area contributed by atoms with Crippen LogP contribution in [0.5, 0.6) is 0 Å². The van der Waals surface area contributed by atoms with E-state index in [9.17, 15) is 0 Å². The highest BCUT2D eigenvalue weighted by Gasteiger charge is 2.41. The van der Waals surface area contributed by atoms with Gasteiger partial charge in [0.2, 0.25) is 0 Å². The van der Waals surface area contributed by atoms with Gasteiger partial charge in [0.1, 0.15) is 11.2 Å². The SMILES string of the molecule is CCCC1Cc2ccc(-c3c4ccccc4c(-c4cccc5c4oc4ccccc45)c4ccccc34)cc2C(F)(F)C1. The number of halogens is 2. The van der Waals surface area contributed by atoms with Gasteiger partial charge < -0.3 is 4.42 Å². The summed E-state index contributed by atoms with van der Waals surface area (Å²) in [5.74, 6) is -2.79. The molecule has 1 nitrogen and oxygen atoms in total. The summed E-state index contributed by atoms with van der Waals surface area (Å²) < 4.78 is 37.7. The van der Waals surface area contributed by atoms with Crippen LogP contribution >= 0.6 is 0 Å². The molecule has 1 aliphatic carbocycles. The molecule has 0 aliphatic heterocycles. The Hall–Kier alpha value is -4.50. The highest BCUT2D eigenvalue weighted by Crippen LogP contribution is 2.49. The number of rotatable bonds is 4. The molecule has 0 saturated heterocycles. The van der Waals surface area contributed by atoms with Crippen LogP contribution in [-0.4, -0.2) is 0 Å². The Bertz CT molecular complexity index is 2100. The number of benzene rings is 6. The minimum absolute atomic E-state index is 0.0326. The maximum atomic E-state index is 15.6. The number of fused-ring (bicyclic) bond motifs is 6. The molecule has 1 aromatic heterocycles. The van der Waals surface area contributed by atoms with Gasteiger partial charge >= 0.3 is 0 Å². The molecule has 1 aliphatic rings. The Kier molecular flexibility index (Phi) is 5.72. The van der Waals surface area contributed by atoms with E-state index in [4.69, 9.17) is 4.42 Å². The molecule has 6 aromatic carbocycles. The highest BCUT2D eigenvalue weighted by molar-refractivity contribution is 6.24. The minimum atomic E-state index is -2.83. The summed E-state index contributed by atoms with van der Waals surface area (Å²) in [5, 5.41) is 6.41. The van der Waals surface area contributed by atoms with Crippen LogP contribution in [0.3, 0.4) is 0 Å². The van der Waals surface area contributed by atoms with Gasteiger partial charge in [0.25, 0.3) is 5.92 Å². The van der Waals surface area contributed by atoms with Gasteiger partial charge in [-0.15, -0.1) is 0 Å². The molecule has 1 atom stereocenters. The lowest BCUT2D eigenvalue weighted by molar-refractivity contribution is -0.0388. The van der Waals surface area contributed by atoms with Crippen LogP contribution in [0.15, 0.2) is 114 Å². The average molecular weight is 553 g/mol. The summed E-state index contributed by atoms with van der Waals surface area (Å²) in [6.07, 6.45) is 2.42. The van der Waals surface area contributed by atoms with Crippen molar-refractivity contribution in [1.82, 2.24) is 0 Å². The molecular weight excluding hydrogens is 522 g/mol. The van der Waals surface area contributed by atoms with Crippen LogP contribution in [0, 0.1) is 5.92 Å². The molecule has 8 rings (SSSR count). The molecule has 0 N–H and O–H groups in total. The Morgan fingerprint density at radius 1 is 0.690 bits per heavy atom. The summed E-state index contributed by atoms with van der Waals surface area (Å²) in [6, 6.07) is 37.0. The van der Waals surface area contributed by atoms with Crippen LogP contribution in [0.1, 0.15) is 37.3 Å². The lowest BCUT2D eigenvalue weighted by Crippen LogP contribution is -2.27. The maximum Gasteiger partial charge on any atom is 0.273 e. The monoisotopic (exact) mass is 552 g/mol. The fourth-order valence-electron chi connectivity index (χ4n) is 7.39. The van der Waals surface area contributed by atoms with Gasteiger partial charge in [-0.05, 0) is 62.7 Å². The van der Waals surface area contributed by atoms with E-state index in [0.29, 0.717) is 0 Å². The van der Waals surface area contributed by atoms with Crippen molar-refractivity contribution in [3.8, 4) is 22.3 Å². The molecule has 1 unspecified atom stereocenters. The molecule has 0 spiro atoms. The third-order valence-corrected chi connectivity index (χ3v) is 9.15. The predicted molar refractivity (Wildman–Crippen MR) is 170 cm³/mol. The first-order valence-electron chi connectivity index (χ1n) is 14.9. The Morgan fingerprint density at radius 2 is 1.31 bits per heavy atom. The van der Waals surface area contributed by atoms with Crippen molar-refractivity contribution in [1.29, 1.82) is 0 Å². The van der Waals surface area contributed by atoms with Crippen LogP contribution in [-0.2, 0) is 12.3 Å². The smallest absolute Gasteiger partial charge is 0.273 e. The number of para-hydroxylation sites is 2. The number of hydrogen-bond acceptors (Lipinski definition) is 1. The van der Waals surface area contributed by atoms with Gasteiger partial charge in [0.05, 0.1) is 0 Å². The maximum absolute atomic E-state index is 15.6. The zero-order chi connectivity index (χ0) is 28.4. The summed E-state index contributed by atoms with van der Waals surface area (Å²) in [6.45, 7) is 2.07. The second-order valence-electron chi connectivity index (χ2n) is 11.8. The zero-order valence-corrected chi connectivity index (χ0v) is 23.5. The molecule has 42 heavy (non-hydrogen) atoms. The van der Waals surface area contributed by atoms with E-state index in [1.807, 2.05) is 36.4 Å². The number of alkyl halides is 2. The Labute approximate surface area is 243 Å². The van der Waals surface area contributed by atoms with Crippen molar-refractivity contribution in [2.45, 2.75) is 38.5 Å². The fourth-order valence-corrected chi connectivity index (χ4v) is 7.39. The summed E-state index contributed by atoms with van der Waals surface area (Å²) in [4.78, 5) is 0. The minimum Gasteiger partial charge on any atom is -0.455 e. The lowest BCUT2D eigenvalue weighted by atomic mass is 9.78. The van der Waals surface area contributed by atoms with Gasteiger partial charge in [-0.2, -0.15) is 0 Å². The Balaban J connectivity index is 1.42. The predicted octanol–water partition coefficient (Wildman–Crippen LogP) is 11.7. The normalized spacial score (nSPS) is 16.4. The van der Waals surface area contributed by atoms with Crippen LogP contribution < -0.4 is 0 Å². The first kappa shape index (κ1) is 25.2. The van der Waals surface area contributed by atoms with Crippen LogP contribution in [0.2, 0.25) is 0 Å². The van der Waals surface area contributed by atoms with E-state index in [1.165, 1.54) is 0 Å². The topological polar surface area (TPSA) is 13.1 Å². The number of hydrogen-bond donors (Lipinski definition) is 0. The van der Waals surface area contributed by atoms with Gasteiger partial charge in [0, 0.05) is 33.9 Å². The average Bonchev–Trinajstić information content (AvgIpc) is 3.39. The first-order chi connectivity index (χ1) is 20.5. The highest BCUT2D eigenvalue weighted by atomic mass is 19.3. The van der Waals surface area contributed by atoms with Crippen molar-refractivity contribution >= 4 is 43.5 Å².